The molecule has 0 radical (unpaired) electrons. The average molecular weight is 515 g/mol. The summed E-state index contributed by atoms with van der Waals surface area (Å²) < 4.78 is 26.1. The van der Waals surface area contributed by atoms with Crippen LogP contribution in [0.15, 0.2) is 35.3 Å². The van der Waals surface area contributed by atoms with Crippen molar-refractivity contribution in [3.63, 3.8) is 0 Å². The van der Waals surface area contributed by atoms with E-state index in [-0.39, 0.29) is 43.2 Å². The number of methoxy groups -OCH3 is 1. The van der Waals surface area contributed by atoms with Crippen LogP contribution in [0.5, 0.6) is 11.5 Å². The van der Waals surface area contributed by atoms with Crippen molar-refractivity contribution in [2.45, 2.75) is 38.5 Å². The van der Waals surface area contributed by atoms with Gasteiger partial charge in [0, 0.05) is 43.9 Å². The first-order valence-corrected chi connectivity index (χ1v) is 12.0. The van der Waals surface area contributed by atoms with Crippen LogP contribution in [-0.2, 0) is 17.7 Å². The highest BCUT2D eigenvalue weighted by atomic mass is 19.1. The Morgan fingerprint density at radius 2 is 2.05 bits per heavy atom. The van der Waals surface area contributed by atoms with Crippen LogP contribution < -0.4 is 20.9 Å². The molecule has 1 atom stereocenters. The third-order valence-corrected chi connectivity index (χ3v) is 6.27. The molecular formula is C26H31FN4O6. The maximum Gasteiger partial charge on any atom is 0.268 e. The van der Waals surface area contributed by atoms with E-state index >= 15 is 0 Å². The van der Waals surface area contributed by atoms with Gasteiger partial charge in [0.25, 0.3) is 11.5 Å². The molecule has 3 aromatic rings. The molecule has 4 N–H and O–H groups in total. The Labute approximate surface area is 213 Å². The van der Waals surface area contributed by atoms with Crippen molar-refractivity contribution in [2.75, 3.05) is 33.4 Å². The number of nitrogens with zero attached hydrogens (tertiary/aromatic N) is 2. The van der Waals surface area contributed by atoms with Crippen molar-refractivity contribution in [3.8, 4) is 11.5 Å². The number of hydrogen-bond donors (Lipinski definition) is 4. The number of aromatic hydroxyl groups is 1. The molecule has 2 aromatic heterocycles. The summed E-state index contributed by atoms with van der Waals surface area (Å²) in [5, 5.41) is 26.4. The number of nitrogens with one attached hydrogen (secondary N) is 2. The van der Waals surface area contributed by atoms with Crippen LogP contribution in [0.4, 0.5) is 4.39 Å². The number of benzene rings is 1. The van der Waals surface area contributed by atoms with Crippen molar-refractivity contribution in [1.82, 2.24) is 20.2 Å². The highest BCUT2D eigenvalue weighted by Crippen LogP contribution is 2.37. The highest BCUT2D eigenvalue weighted by Gasteiger charge is 2.32. The van der Waals surface area contributed by atoms with Gasteiger partial charge in [0.1, 0.15) is 28.5 Å². The van der Waals surface area contributed by atoms with Crippen LogP contribution in [0.2, 0.25) is 0 Å². The molecule has 1 aromatic carbocycles. The Hall–Kier alpha value is -3.54. The van der Waals surface area contributed by atoms with E-state index in [0.29, 0.717) is 24.3 Å². The van der Waals surface area contributed by atoms with Crippen LogP contribution in [0.1, 0.15) is 35.3 Å². The number of carbonyl (C=O) groups excluding carboxylic acids is 1. The predicted molar refractivity (Wildman–Crippen MR) is 135 cm³/mol. The zero-order valence-electron chi connectivity index (χ0n) is 21.0. The smallest absolute Gasteiger partial charge is 0.268 e. The summed E-state index contributed by atoms with van der Waals surface area (Å²) in [5.74, 6) is -1.26. The fourth-order valence-corrected chi connectivity index (χ4v) is 4.18. The second-order valence-electron chi connectivity index (χ2n) is 9.66. The lowest BCUT2D eigenvalue weighted by molar-refractivity contribution is 0.0930. The zero-order chi connectivity index (χ0) is 26.7. The molecule has 0 saturated carbocycles. The van der Waals surface area contributed by atoms with Crippen LogP contribution in [-0.4, -0.2) is 70.7 Å². The largest absolute Gasteiger partial charge is 0.505 e. The van der Waals surface area contributed by atoms with Crippen molar-refractivity contribution < 1.29 is 28.9 Å². The third-order valence-electron chi connectivity index (χ3n) is 6.27. The van der Waals surface area contributed by atoms with E-state index in [2.05, 4.69) is 15.6 Å². The second kappa shape index (κ2) is 10.8. The first kappa shape index (κ1) is 26.5. The molecule has 198 valence electrons. The van der Waals surface area contributed by atoms with E-state index in [0.717, 1.165) is 5.56 Å². The van der Waals surface area contributed by atoms with Gasteiger partial charge >= 0.3 is 0 Å². The van der Waals surface area contributed by atoms with Crippen molar-refractivity contribution in [1.29, 1.82) is 0 Å². The lowest BCUT2D eigenvalue weighted by atomic mass is 10.0. The van der Waals surface area contributed by atoms with Crippen molar-refractivity contribution in [2.24, 2.45) is 0 Å². The Balaban J connectivity index is 1.81. The molecule has 0 spiro atoms. The molecular weight excluding hydrogens is 483 g/mol. The van der Waals surface area contributed by atoms with Crippen LogP contribution in [0.3, 0.4) is 0 Å². The van der Waals surface area contributed by atoms with E-state index in [9.17, 15) is 24.2 Å². The van der Waals surface area contributed by atoms with E-state index in [1.54, 1.807) is 12.1 Å². The van der Waals surface area contributed by atoms with Gasteiger partial charge < -0.3 is 30.3 Å². The lowest BCUT2D eigenvalue weighted by Crippen LogP contribution is -2.50. The second-order valence-corrected chi connectivity index (χ2v) is 9.66. The average Bonchev–Trinajstić information content (AvgIpc) is 2.88. The summed E-state index contributed by atoms with van der Waals surface area (Å²) >= 11 is 0. The summed E-state index contributed by atoms with van der Waals surface area (Å²) in [7, 11) is 1.49. The fourth-order valence-electron chi connectivity index (χ4n) is 4.18. The minimum Gasteiger partial charge on any atom is -0.505 e. The van der Waals surface area contributed by atoms with E-state index in [4.69, 9.17) is 9.47 Å². The van der Waals surface area contributed by atoms with Crippen LogP contribution in [0, 0.1) is 5.82 Å². The monoisotopic (exact) mass is 514 g/mol. The third kappa shape index (κ3) is 5.58. The maximum atomic E-state index is 13.5. The molecule has 1 amide bonds. The van der Waals surface area contributed by atoms with Crippen molar-refractivity contribution >= 4 is 16.9 Å². The normalized spacial score (nSPS) is 15.0. The molecule has 1 unspecified atom stereocenters. The predicted octanol–water partition coefficient (Wildman–Crippen LogP) is 1.33. The van der Waals surface area contributed by atoms with Crippen LogP contribution in [0.25, 0.3) is 11.0 Å². The minimum atomic E-state index is -0.730. The number of ether oxygens (including phenoxy) is 2. The van der Waals surface area contributed by atoms with Gasteiger partial charge in [-0.05, 0) is 31.5 Å². The van der Waals surface area contributed by atoms with Gasteiger partial charge in [-0.25, -0.2) is 4.39 Å². The molecule has 10 nitrogen and oxygen atoms in total. The summed E-state index contributed by atoms with van der Waals surface area (Å²) in [4.78, 5) is 30.7. The van der Waals surface area contributed by atoms with Crippen molar-refractivity contribution in [3.05, 3.63) is 63.3 Å². The number of aliphatic hydroxyl groups is 1. The number of rotatable bonds is 10. The van der Waals surface area contributed by atoms with E-state index in [1.165, 1.54) is 30.0 Å². The molecule has 1 aliphatic rings. The lowest BCUT2D eigenvalue weighted by Gasteiger charge is -2.32. The number of pyridine rings is 2. The minimum absolute atomic E-state index is 0.0662. The summed E-state index contributed by atoms with van der Waals surface area (Å²) in [6.45, 7) is 4.36. The number of hydrogen-bond acceptors (Lipinski definition) is 8. The Kier molecular flexibility index (Phi) is 7.76. The molecule has 0 fully saturated rings. The van der Waals surface area contributed by atoms with Gasteiger partial charge in [-0.15, -0.1) is 0 Å². The number of aromatic nitrogens is 2. The zero-order valence-corrected chi connectivity index (χ0v) is 21.0. The van der Waals surface area contributed by atoms with Crippen LogP contribution >= 0.6 is 0 Å². The molecule has 37 heavy (non-hydrogen) atoms. The molecule has 0 bridgehead atoms. The van der Waals surface area contributed by atoms with Gasteiger partial charge in [0.2, 0.25) is 0 Å². The molecule has 3 heterocycles. The van der Waals surface area contributed by atoms with Gasteiger partial charge in [-0.2, -0.15) is 0 Å². The first-order valence-electron chi connectivity index (χ1n) is 12.0. The van der Waals surface area contributed by atoms with Gasteiger partial charge in [0.15, 0.2) is 11.5 Å². The highest BCUT2D eigenvalue weighted by molar-refractivity contribution is 6.02. The number of carbonyl (C=O) groups is 1. The standard InChI is InChI=1S/C26H31FN4O6/c1-26(2,14-32)30-12-18-13-31-21-20(22(33)19(25(31)35)24(34)28-8-9-36-3)29-11-16(23(21)37-18)10-15-4-6-17(27)7-5-15/h4-7,11,18,30,32-33H,8-10,12-14H2,1-3H3,(H,28,34). The number of halogens is 1. The molecule has 0 saturated heterocycles. The molecule has 11 heteroatoms. The number of aliphatic hydroxyl groups excluding tert-OH is 1. The SMILES string of the molecule is COCCNC(=O)c1c(O)c2ncc(Cc3ccc(F)cc3)c3c2n(c1=O)CC(CNC(C)(C)CO)O3. The van der Waals surface area contributed by atoms with Gasteiger partial charge in [-0.3, -0.25) is 19.1 Å². The topological polar surface area (TPSA) is 135 Å². The maximum absolute atomic E-state index is 13.5. The fraction of sp³-hybridized carbons (Fsp3) is 0.423. The van der Waals surface area contributed by atoms with E-state index < -0.39 is 34.4 Å². The van der Waals surface area contributed by atoms with Gasteiger partial charge in [0.05, 0.1) is 19.8 Å². The van der Waals surface area contributed by atoms with Gasteiger partial charge in [-0.1, -0.05) is 12.1 Å². The molecule has 4 rings (SSSR count). The molecule has 0 aliphatic carbocycles. The quantitative estimate of drug-likeness (QED) is 0.298. The first-order chi connectivity index (χ1) is 17.6. The Morgan fingerprint density at radius 3 is 2.73 bits per heavy atom. The Bertz CT molecular complexity index is 1360. The summed E-state index contributed by atoms with van der Waals surface area (Å²) in [6.07, 6.45) is 1.34. The Morgan fingerprint density at radius 1 is 1.32 bits per heavy atom. The number of amides is 1. The summed E-state index contributed by atoms with van der Waals surface area (Å²) in [5.41, 5.74) is 0.130. The van der Waals surface area contributed by atoms with E-state index in [1.807, 2.05) is 13.8 Å². The summed E-state index contributed by atoms with van der Waals surface area (Å²) in [6, 6.07) is 6.01. The molecule has 1 aliphatic heterocycles.